The molecule has 0 atom stereocenters. The largest absolute Gasteiger partial charge is 0.496 e. The van der Waals surface area contributed by atoms with E-state index >= 15 is 0 Å². The lowest BCUT2D eigenvalue weighted by atomic mass is 10.1. The van der Waals surface area contributed by atoms with Gasteiger partial charge in [-0.2, -0.15) is 0 Å². The first kappa shape index (κ1) is 16.5. The first-order valence-electron chi connectivity index (χ1n) is 7.17. The van der Waals surface area contributed by atoms with Gasteiger partial charge < -0.3 is 9.47 Å². The average molecular weight is 316 g/mol. The molecule has 2 rings (SSSR count). The van der Waals surface area contributed by atoms with E-state index in [0.717, 1.165) is 26.6 Å². The van der Waals surface area contributed by atoms with Gasteiger partial charge in [0.25, 0.3) is 0 Å². The van der Waals surface area contributed by atoms with Crippen LogP contribution >= 0.6 is 11.3 Å². The van der Waals surface area contributed by atoms with Crippen LogP contribution in [-0.4, -0.2) is 19.5 Å². The molecule has 22 heavy (non-hydrogen) atoms. The van der Waals surface area contributed by atoms with E-state index < -0.39 is 0 Å². The molecular weight excluding hydrogens is 296 g/mol. The van der Waals surface area contributed by atoms with Crippen LogP contribution in [-0.2, 0) is 11.3 Å². The van der Waals surface area contributed by atoms with Gasteiger partial charge in [-0.15, -0.1) is 11.3 Å². The Kier molecular flexibility index (Phi) is 5.92. The molecule has 0 fully saturated rings. The van der Waals surface area contributed by atoms with Gasteiger partial charge in [0.05, 0.1) is 18.6 Å². The van der Waals surface area contributed by atoms with Crippen molar-refractivity contribution in [2.75, 3.05) is 13.7 Å². The van der Waals surface area contributed by atoms with Gasteiger partial charge in [0.15, 0.2) is 5.78 Å². The van der Waals surface area contributed by atoms with Crippen molar-refractivity contribution < 1.29 is 14.3 Å². The molecule has 0 amide bonds. The van der Waals surface area contributed by atoms with E-state index in [9.17, 15) is 4.79 Å². The maximum atomic E-state index is 12.1. The third-order valence-electron chi connectivity index (χ3n) is 3.18. The van der Waals surface area contributed by atoms with Crippen molar-refractivity contribution in [3.63, 3.8) is 0 Å². The maximum Gasteiger partial charge on any atom is 0.195 e. The van der Waals surface area contributed by atoms with Crippen molar-refractivity contribution >= 4 is 23.2 Å². The first-order chi connectivity index (χ1) is 10.6. The lowest BCUT2D eigenvalue weighted by Crippen LogP contribution is -1.97. The number of aryl methyl sites for hydroxylation is 1. The van der Waals surface area contributed by atoms with E-state index in [-0.39, 0.29) is 5.78 Å². The third-order valence-corrected chi connectivity index (χ3v) is 4.19. The van der Waals surface area contributed by atoms with Crippen LogP contribution in [0.1, 0.15) is 32.6 Å². The standard InChI is InChI=1S/C18H20O3S/c1-4-21-12-15-11-14(7-9-17(15)20-3)6-8-16(19)18-10-5-13(2)22-18/h5-11H,4,12H2,1-3H3/b8-6+. The predicted octanol–water partition coefficient (Wildman–Crippen LogP) is 4.50. The number of benzene rings is 1. The zero-order chi connectivity index (χ0) is 15.9. The fourth-order valence-corrected chi connectivity index (χ4v) is 2.84. The highest BCUT2D eigenvalue weighted by atomic mass is 32.1. The van der Waals surface area contributed by atoms with Gasteiger partial charge >= 0.3 is 0 Å². The number of methoxy groups -OCH3 is 1. The summed E-state index contributed by atoms with van der Waals surface area (Å²) in [6.45, 7) is 5.10. The number of ketones is 1. The Morgan fingerprint density at radius 3 is 2.73 bits per heavy atom. The normalized spacial score (nSPS) is 11.0. The number of hydrogen-bond donors (Lipinski definition) is 0. The van der Waals surface area contributed by atoms with Crippen LogP contribution in [0.15, 0.2) is 36.4 Å². The topological polar surface area (TPSA) is 35.5 Å². The summed E-state index contributed by atoms with van der Waals surface area (Å²) in [5, 5.41) is 0. The molecule has 0 N–H and O–H groups in total. The summed E-state index contributed by atoms with van der Waals surface area (Å²) in [7, 11) is 1.64. The zero-order valence-electron chi connectivity index (χ0n) is 13.1. The van der Waals surface area contributed by atoms with Crippen LogP contribution in [0.4, 0.5) is 0 Å². The molecule has 0 saturated heterocycles. The molecule has 0 saturated carbocycles. The molecule has 1 heterocycles. The number of allylic oxidation sites excluding steroid dienone is 1. The van der Waals surface area contributed by atoms with Gasteiger partial charge in [0.1, 0.15) is 5.75 Å². The van der Waals surface area contributed by atoms with E-state index in [4.69, 9.17) is 9.47 Å². The van der Waals surface area contributed by atoms with Crippen molar-refractivity contribution in [3.05, 3.63) is 57.3 Å². The minimum Gasteiger partial charge on any atom is -0.496 e. The van der Waals surface area contributed by atoms with Gasteiger partial charge in [-0.05, 0) is 49.8 Å². The fourth-order valence-electron chi connectivity index (χ4n) is 2.05. The van der Waals surface area contributed by atoms with Crippen molar-refractivity contribution in [2.45, 2.75) is 20.5 Å². The summed E-state index contributed by atoms with van der Waals surface area (Å²) in [6.07, 6.45) is 3.43. The Morgan fingerprint density at radius 1 is 1.27 bits per heavy atom. The fraction of sp³-hybridized carbons (Fsp3) is 0.278. The number of carbonyl (C=O) groups excluding carboxylic acids is 1. The molecule has 0 spiro atoms. The summed E-state index contributed by atoms with van der Waals surface area (Å²) in [5.41, 5.74) is 1.93. The molecule has 3 nitrogen and oxygen atoms in total. The molecule has 0 bridgehead atoms. The van der Waals surface area contributed by atoms with E-state index in [1.54, 1.807) is 13.2 Å². The van der Waals surface area contributed by atoms with Crippen LogP contribution in [0.25, 0.3) is 6.08 Å². The average Bonchev–Trinajstić information content (AvgIpc) is 2.97. The number of rotatable bonds is 7. The van der Waals surface area contributed by atoms with E-state index in [0.29, 0.717) is 13.2 Å². The lowest BCUT2D eigenvalue weighted by Gasteiger charge is -2.09. The van der Waals surface area contributed by atoms with Gasteiger partial charge in [-0.25, -0.2) is 0 Å². The van der Waals surface area contributed by atoms with E-state index in [1.807, 2.05) is 50.3 Å². The number of hydrogen-bond acceptors (Lipinski definition) is 4. The summed E-state index contributed by atoms with van der Waals surface area (Å²) >= 11 is 1.51. The Balaban J connectivity index is 2.14. The van der Waals surface area contributed by atoms with Crippen molar-refractivity contribution in [2.24, 2.45) is 0 Å². The van der Waals surface area contributed by atoms with Crippen molar-refractivity contribution in [3.8, 4) is 5.75 Å². The Bertz CT molecular complexity index is 671. The van der Waals surface area contributed by atoms with Gasteiger partial charge in [0.2, 0.25) is 0 Å². The van der Waals surface area contributed by atoms with E-state index in [1.165, 1.54) is 11.3 Å². The molecule has 0 radical (unpaired) electrons. The summed E-state index contributed by atoms with van der Waals surface area (Å²) < 4.78 is 10.8. The highest BCUT2D eigenvalue weighted by Gasteiger charge is 2.06. The Hall–Kier alpha value is -1.91. The highest BCUT2D eigenvalue weighted by molar-refractivity contribution is 7.14. The Labute approximate surface area is 135 Å². The molecule has 116 valence electrons. The lowest BCUT2D eigenvalue weighted by molar-refractivity contribution is 0.105. The van der Waals surface area contributed by atoms with Crippen LogP contribution in [0.5, 0.6) is 5.75 Å². The van der Waals surface area contributed by atoms with Crippen LogP contribution < -0.4 is 4.74 Å². The molecule has 0 aliphatic carbocycles. The molecule has 2 aromatic rings. The SMILES string of the molecule is CCOCc1cc(/C=C/C(=O)c2ccc(C)s2)ccc1OC. The van der Waals surface area contributed by atoms with Gasteiger partial charge in [-0.3, -0.25) is 4.79 Å². The molecule has 0 aliphatic heterocycles. The number of ether oxygens (including phenoxy) is 2. The maximum absolute atomic E-state index is 12.1. The monoisotopic (exact) mass is 316 g/mol. The minimum absolute atomic E-state index is 0.0280. The first-order valence-corrected chi connectivity index (χ1v) is 7.99. The second-order valence-corrected chi connectivity index (χ2v) is 6.10. The number of carbonyl (C=O) groups is 1. The molecular formula is C18H20O3S. The molecule has 4 heteroatoms. The van der Waals surface area contributed by atoms with E-state index in [2.05, 4.69) is 0 Å². The third kappa shape index (κ3) is 4.29. The minimum atomic E-state index is 0.0280. The smallest absolute Gasteiger partial charge is 0.195 e. The van der Waals surface area contributed by atoms with Crippen molar-refractivity contribution in [1.82, 2.24) is 0 Å². The quantitative estimate of drug-likeness (QED) is 0.557. The summed E-state index contributed by atoms with van der Waals surface area (Å²) in [6, 6.07) is 9.63. The van der Waals surface area contributed by atoms with Gasteiger partial charge in [-0.1, -0.05) is 12.1 Å². The molecule has 1 aromatic carbocycles. The van der Waals surface area contributed by atoms with Crippen LogP contribution in [0, 0.1) is 6.92 Å². The predicted molar refractivity (Wildman–Crippen MR) is 90.7 cm³/mol. The molecule has 0 unspecified atom stereocenters. The highest BCUT2D eigenvalue weighted by Crippen LogP contribution is 2.22. The second-order valence-electron chi connectivity index (χ2n) is 4.82. The second kappa shape index (κ2) is 7.92. The van der Waals surface area contributed by atoms with Crippen molar-refractivity contribution in [1.29, 1.82) is 0 Å². The summed E-state index contributed by atoms with van der Waals surface area (Å²) in [4.78, 5) is 14.0. The number of thiophene rings is 1. The van der Waals surface area contributed by atoms with Crippen LogP contribution in [0.3, 0.4) is 0 Å². The zero-order valence-corrected chi connectivity index (χ0v) is 13.9. The van der Waals surface area contributed by atoms with Crippen LogP contribution in [0.2, 0.25) is 0 Å². The molecule has 0 aliphatic rings. The van der Waals surface area contributed by atoms with Gasteiger partial charge in [0, 0.05) is 17.0 Å². The molecule has 1 aromatic heterocycles. The summed E-state index contributed by atoms with van der Waals surface area (Å²) in [5.74, 6) is 0.825. The Morgan fingerprint density at radius 2 is 2.09 bits per heavy atom.